The molecule has 0 spiro atoms. The normalized spacial score (nSPS) is 10.2. The second kappa shape index (κ2) is 5.95. The average Bonchev–Trinajstić information content (AvgIpc) is 2.38. The smallest absolute Gasteiger partial charge is 0.323 e. The molecule has 0 fully saturated rings. The fraction of sp³-hybridized carbons (Fsp3) is 0.214. The van der Waals surface area contributed by atoms with Crippen molar-refractivity contribution in [3.63, 3.8) is 0 Å². The summed E-state index contributed by atoms with van der Waals surface area (Å²) in [6.07, 6.45) is 1.68. The molecule has 19 heavy (non-hydrogen) atoms. The number of benzene rings is 1. The number of aryl methyl sites for hydroxylation is 1. The first-order chi connectivity index (χ1) is 9.15. The Morgan fingerprint density at radius 3 is 2.63 bits per heavy atom. The van der Waals surface area contributed by atoms with Gasteiger partial charge in [-0.1, -0.05) is 18.2 Å². The van der Waals surface area contributed by atoms with E-state index >= 15 is 0 Å². The fourth-order valence-electron chi connectivity index (χ4n) is 1.83. The van der Waals surface area contributed by atoms with Crippen LogP contribution in [-0.4, -0.2) is 27.6 Å². The Morgan fingerprint density at radius 1 is 1.26 bits per heavy atom. The van der Waals surface area contributed by atoms with Crippen LogP contribution in [0.1, 0.15) is 11.5 Å². The van der Waals surface area contributed by atoms with Gasteiger partial charge >= 0.3 is 5.97 Å². The number of aliphatic carboxylic acids is 1. The Hall–Kier alpha value is -2.43. The summed E-state index contributed by atoms with van der Waals surface area (Å²) in [5.41, 5.74) is 1.67. The molecule has 1 aromatic heterocycles. The Labute approximate surface area is 111 Å². The Kier molecular flexibility index (Phi) is 4.07. The van der Waals surface area contributed by atoms with Crippen LogP contribution in [0.5, 0.6) is 0 Å². The molecule has 0 aliphatic rings. The standard InChI is InChI=1S/C14H15N3O2/c1-11-15-8-7-12(16-11)9-17(10-14(18)19)13-5-3-2-4-6-13/h2-8H,9-10H2,1H3,(H,18,19). The van der Waals surface area contributed by atoms with E-state index in [0.29, 0.717) is 12.4 Å². The van der Waals surface area contributed by atoms with Gasteiger partial charge in [-0.2, -0.15) is 0 Å². The number of hydrogen-bond acceptors (Lipinski definition) is 4. The summed E-state index contributed by atoms with van der Waals surface area (Å²) >= 11 is 0. The molecule has 0 atom stereocenters. The maximum Gasteiger partial charge on any atom is 0.323 e. The second-order valence-corrected chi connectivity index (χ2v) is 4.18. The highest BCUT2D eigenvalue weighted by Gasteiger charge is 2.11. The lowest BCUT2D eigenvalue weighted by atomic mass is 10.2. The van der Waals surface area contributed by atoms with Gasteiger partial charge in [0.05, 0.1) is 12.2 Å². The van der Waals surface area contributed by atoms with Crippen molar-refractivity contribution >= 4 is 11.7 Å². The van der Waals surface area contributed by atoms with Crippen LogP contribution in [0.2, 0.25) is 0 Å². The highest BCUT2D eigenvalue weighted by Crippen LogP contribution is 2.15. The van der Waals surface area contributed by atoms with Gasteiger partial charge in [0, 0.05) is 11.9 Å². The first kappa shape index (κ1) is 13.0. The molecule has 5 heteroatoms. The molecule has 0 saturated carbocycles. The van der Waals surface area contributed by atoms with Crippen molar-refractivity contribution < 1.29 is 9.90 Å². The first-order valence-corrected chi connectivity index (χ1v) is 5.95. The van der Waals surface area contributed by atoms with E-state index in [9.17, 15) is 4.79 Å². The van der Waals surface area contributed by atoms with Crippen LogP contribution in [0, 0.1) is 6.92 Å². The van der Waals surface area contributed by atoms with E-state index in [2.05, 4.69) is 9.97 Å². The maximum atomic E-state index is 11.0. The number of para-hydroxylation sites is 1. The number of carboxylic acids is 1. The minimum absolute atomic E-state index is 0.0624. The molecule has 0 saturated heterocycles. The van der Waals surface area contributed by atoms with Gasteiger partial charge in [-0.25, -0.2) is 9.97 Å². The van der Waals surface area contributed by atoms with Crippen LogP contribution in [0.15, 0.2) is 42.6 Å². The van der Waals surface area contributed by atoms with Crippen molar-refractivity contribution in [3.8, 4) is 0 Å². The molecule has 0 radical (unpaired) electrons. The predicted octanol–water partition coefficient (Wildman–Crippen LogP) is 1.88. The number of carbonyl (C=O) groups is 1. The van der Waals surface area contributed by atoms with Crippen molar-refractivity contribution in [3.05, 3.63) is 54.1 Å². The highest BCUT2D eigenvalue weighted by atomic mass is 16.4. The zero-order valence-corrected chi connectivity index (χ0v) is 10.7. The molecule has 5 nitrogen and oxygen atoms in total. The van der Waals surface area contributed by atoms with E-state index in [4.69, 9.17) is 5.11 Å². The Bertz CT molecular complexity index is 558. The minimum atomic E-state index is -0.866. The minimum Gasteiger partial charge on any atom is -0.480 e. The SMILES string of the molecule is Cc1nccc(CN(CC(=O)O)c2ccccc2)n1. The molecule has 2 rings (SSSR count). The molecular weight excluding hydrogens is 242 g/mol. The van der Waals surface area contributed by atoms with E-state index in [-0.39, 0.29) is 6.54 Å². The van der Waals surface area contributed by atoms with Crippen LogP contribution in [0.3, 0.4) is 0 Å². The van der Waals surface area contributed by atoms with Crippen LogP contribution < -0.4 is 4.90 Å². The molecular formula is C14H15N3O2. The van der Waals surface area contributed by atoms with Crippen LogP contribution in [0.25, 0.3) is 0 Å². The van der Waals surface area contributed by atoms with Crippen LogP contribution >= 0.6 is 0 Å². The maximum absolute atomic E-state index is 11.0. The molecule has 98 valence electrons. The third kappa shape index (κ3) is 3.77. The molecule has 0 aliphatic heterocycles. The average molecular weight is 257 g/mol. The molecule has 1 aromatic carbocycles. The van der Waals surface area contributed by atoms with Gasteiger partial charge in [0.15, 0.2) is 0 Å². The van der Waals surface area contributed by atoms with Gasteiger partial charge < -0.3 is 10.0 Å². The van der Waals surface area contributed by atoms with Gasteiger partial charge in [0.25, 0.3) is 0 Å². The van der Waals surface area contributed by atoms with Gasteiger partial charge in [0.1, 0.15) is 12.4 Å². The van der Waals surface area contributed by atoms with Gasteiger partial charge in [-0.15, -0.1) is 0 Å². The number of carboxylic acid groups (broad SMARTS) is 1. The molecule has 0 aliphatic carbocycles. The van der Waals surface area contributed by atoms with Gasteiger partial charge in [-0.05, 0) is 25.1 Å². The van der Waals surface area contributed by atoms with Crippen molar-refractivity contribution in [1.82, 2.24) is 9.97 Å². The summed E-state index contributed by atoms with van der Waals surface area (Å²) in [4.78, 5) is 21.1. The fourth-order valence-corrected chi connectivity index (χ4v) is 1.83. The summed E-state index contributed by atoms with van der Waals surface area (Å²) in [7, 11) is 0. The van der Waals surface area contributed by atoms with Gasteiger partial charge in [-0.3, -0.25) is 4.79 Å². The lowest BCUT2D eigenvalue weighted by molar-refractivity contribution is -0.135. The number of rotatable bonds is 5. The van der Waals surface area contributed by atoms with E-state index in [1.54, 1.807) is 17.2 Å². The number of nitrogens with zero attached hydrogens (tertiary/aromatic N) is 3. The quantitative estimate of drug-likeness (QED) is 0.885. The van der Waals surface area contributed by atoms with E-state index < -0.39 is 5.97 Å². The zero-order chi connectivity index (χ0) is 13.7. The largest absolute Gasteiger partial charge is 0.480 e. The summed E-state index contributed by atoms with van der Waals surface area (Å²) in [6.45, 7) is 2.19. The summed E-state index contributed by atoms with van der Waals surface area (Å²) in [5.74, 6) is -0.185. The van der Waals surface area contributed by atoms with E-state index in [1.165, 1.54) is 0 Å². The summed E-state index contributed by atoms with van der Waals surface area (Å²) in [5, 5.41) is 9.00. The lowest BCUT2D eigenvalue weighted by Crippen LogP contribution is -2.29. The topological polar surface area (TPSA) is 66.3 Å². The van der Waals surface area contributed by atoms with Gasteiger partial charge in [0.2, 0.25) is 0 Å². The lowest BCUT2D eigenvalue weighted by Gasteiger charge is -2.22. The molecule has 2 aromatic rings. The Balaban J connectivity index is 2.21. The van der Waals surface area contributed by atoms with E-state index in [0.717, 1.165) is 11.4 Å². The number of aromatic nitrogens is 2. The zero-order valence-electron chi connectivity index (χ0n) is 10.7. The van der Waals surface area contributed by atoms with Crippen LogP contribution in [-0.2, 0) is 11.3 Å². The molecule has 0 bridgehead atoms. The monoisotopic (exact) mass is 257 g/mol. The van der Waals surface area contributed by atoms with E-state index in [1.807, 2.05) is 37.3 Å². The van der Waals surface area contributed by atoms with Crippen molar-refractivity contribution in [2.45, 2.75) is 13.5 Å². The third-order valence-corrected chi connectivity index (χ3v) is 2.63. The second-order valence-electron chi connectivity index (χ2n) is 4.18. The molecule has 1 N–H and O–H groups in total. The summed E-state index contributed by atoms with van der Waals surface area (Å²) in [6, 6.07) is 11.2. The third-order valence-electron chi connectivity index (χ3n) is 2.63. The molecule has 0 amide bonds. The molecule has 1 heterocycles. The number of anilines is 1. The predicted molar refractivity (Wildman–Crippen MR) is 71.9 cm³/mol. The Morgan fingerprint density at radius 2 is 2.00 bits per heavy atom. The van der Waals surface area contributed by atoms with Crippen LogP contribution in [0.4, 0.5) is 5.69 Å². The van der Waals surface area contributed by atoms with Crippen molar-refractivity contribution in [2.24, 2.45) is 0 Å². The summed E-state index contributed by atoms with van der Waals surface area (Å²) < 4.78 is 0. The first-order valence-electron chi connectivity index (χ1n) is 5.95. The number of hydrogen-bond donors (Lipinski definition) is 1. The van der Waals surface area contributed by atoms with Crippen molar-refractivity contribution in [1.29, 1.82) is 0 Å². The molecule has 0 unspecified atom stereocenters. The van der Waals surface area contributed by atoms with Crippen molar-refractivity contribution in [2.75, 3.05) is 11.4 Å². The highest BCUT2D eigenvalue weighted by molar-refractivity contribution is 5.73.